The van der Waals surface area contributed by atoms with Gasteiger partial charge in [0.05, 0.1) is 13.2 Å². The van der Waals surface area contributed by atoms with Crippen LogP contribution in [0.5, 0.6) is 0 Å². The number of ether oxygens (including phenoxy) is 2. The fourth-order valence-corrected chi connectivity index (χ4v) is 8.28. The minimum atomic E-state index is -0.838. The lowest BCUT2D eigenvalue weighted by Crippen LogP contribution is -2.49. The molecular weight excluding hydrogens is 428 g/mol. The van der Waals surface area contributed by atoms with Gasteiger partial charge in [-0.25, -0.2) is 0 Å². The lowest BCUT2D eigenvalue weighted by atomic mass is 9.48. The Morgan fingerprint density at radius 1 is 1.03 bits per heavy atom. The smallest absolute Gasteiger partial charge is 0.320 e. The van der Waals surface area contributed by atoms with Gasteiger partial charge in [-0.15, -0.1) is 0 Å². The van der Waals surface area contributed by atoms with Crippen LogP contribution >= 0.6 is 0 Å². The van der Waals surface area contributed by atoms with Crippen LogP contribution in [-0.4, -0.2) is 30.9 Å². The van der Waals surface area contributed by atoms with Crippen LogP contribution in [0.3, 0.4) is 0 Å². The van der Waals surface area contributed by atoms with Crippen molar-refractivity contribution >= 4 is 17.7 Å². The molecular formula is C29H42O5. The summed E-state index contributed by atoms with van der Waals surface area (Å²) in [5.74, 6) is 0.962. The standard InChI is InChI=1S/C29H42O5/c1-6-33-26(31)22(27(32)34-7-2)16-18(3)23-10-11-24-21-9-8-19-17-20(30)12-14-28(19,4)25(21)13-15-29(23,24)5/h8-9,17-18,21-25H,6-7,10-16H2,1-5H3/t18-,21+,23-,24+,25+,28+,29-/m1/s1. The molecule has 0 spiro atoms. The Kier molecular flexibility index (Phi) is 7.13. The minimum Gasteiger partial charge on any atom is -0.465 e. The van der Waals surface area contributed by atoms with Crippen LogP contribution in [0.2, 0.25) is 0 Å². The molecule has 0 bridgehead atoms. The molecule has 0 radical (unpaired) electrons. The van der Waals surface area contributed by atoms with Crippen LogP contribution < -0.4 is 0 Å². The Labute approximate surface area is 204 Å². The molecule has 0 aromatic heterocycles. The molecule has 0 heterocycles. The van der Waals surface area contributed by atoms with Gasteiger partial charge < -0.3 is 9.47 Å². The van der Waals surface area contributed by atoms with Crippen molar-refractivity contribution in [3.63, 3.8) is 0 Å². The average molecular weight is 471 g/mol. The summed E-state index contributed by atoms with van der Waals surface area (Å²) in [5, 5.41) is 0. The van der Waals surface area contributed by atoms with E-state index in [1.165, 1.54) is 24.8 Å². The van der Waals surface area contributed by atoms with Gasteiger partial charge in [-0.2, -0.15) is 0 Å². The van der Waals surface area contributed by atoms with Crippen molar-refractivity contribution in [1.82, 2.24) is 0 Å². The number of carbonyl (C=O) groups excluding carboxylic acids is 3. The van der Waals surface area contributed by atoms with Gasteiger partial charge in [0.2, 0.25) is 0 Å². The third kappa shape index (κ3) is 4.18. The quantitative estimate of drug-likeness (QED) is 0.354. The van der Waals surface area contributed by atoms with E-state index >= 15 is 0 Å². The van der Waals surface area contributed by atoms with E-state index in [0.717, 1.165) is 12.8 Å². The van der Waals surface area contributed by atoms with Crippen LogP contribution in [-0.2, 0) is 23.9 Å². The Hall–Kier alpha value is -1.91. The topological polar surface area (TPSA) is 69.7 Å². The van der Waals surface area contributed by atoms with E-state index in [1.807, 2.05) is 6.08 Å². The van der Waals surface area contributed by atoms with Gasteiger partial charge in [0.25, 0.3) is 0 Å². The van der Waals surface area contributed by atoms with Crippen LogP contribution in [0.1, 0.15) is 79.6 Å². The van der Waals surface area contributed by atoms with Crippen LogP contribution in [0.25, 0.3) is 0 Å². The van der Waals surface area contributed by atoms with Crippen molar-refractivity contribution in [2.75, 3.05) is 13.2 Å². The van der Waals surface area contributed by atoms with Gasteiger partial charge in [-0.05, 0) is 104 Å². The second-order valence-electron chi connectivity index (χ2n) is 11.6. The lowest BCUT2D eigenvalue weighted by Gasteiger charge is -2.56. The van der Waals surface area contributed by atoms with E-state index in [1.54, 1.807) is 13.8 Å². The predicted molar refractivity (Wildman–Crippen MR) is 131 cm³/mol. The molecule has 4 rings (SSSR count). The van der Waals surface area contributed by atoms with Gasteiger partial charge in [0.1, 0.15) is 0 Å². The number of esters is 2. The molecule has 0 N–H and O–H groups in total. The summed E-state index contributed by atoms with van der Waals surface area (Å²) < 4.78 is 10.5. The highest BCUT2D eigenvalue weighted by Gasteiger charge is 2.58. The number of allylic oxidation sites excluding steroid dienone is 4. The highest BCUT2D eigenvalue weighted by atomic mass is 16.6. The SMILES string of the molecule is CCOC(=O)C(C[C@@H](C)[C@H]1CC[C@H]2[C@@H]3C=CC4=CC(=O)CC[C@]4(C)[C@H]3CC[C@]12C)C(=O)OCC. The molecule has 7 atom stereocenters. The molecule has 2 fully saturated rings. The van der Waals surface area contributed by atoms with E-state index in [4.69, 9.17) is 9.47 Å². The summed E-state index contributed by atoms with van der Waals surface area (Å²) in [7, 11) is 0. The molecule has 0 aromatic carbocycles. The number of rotatable bonds is 7. The fraction of sp³-hybridized carbons (Fsp3) is 0.759. The van der Waals surface area contributed by atoms with E-state index in [9.17, 15) is 14.4 Å². The van der Waals surface area contributed by atoms with Crippen molar-refractivity contribution < 1.29 is 23.9 Å². The summed E-state index contributed by atoms with van der Waals surface area (Å²) in [6.07, 6.45) is 13.3. The van der Waals surface area contributed by atoms with Crippen molar-refractivity contribution in [2.24, 2.45) is 46.3 Å². The number of hydrogen-bond acceptors (Lipinski definition) is 5. The van der Waals surface area contributed by atoms with Crippen LogP contribution in [0, 0.1) is 46.3 Å². The summed E-state index contributed by atoms with van der Waals surface area (Å²) in [6.45, 7) is 11.1. The number of ketones is 1. The highest BCUT2D eigenvalue weighted by molar-refractivity contribution is 5.95. The zero-order valence-corrected chi connectivity index (χ0v) is 21.6. The van der Waals surface area contributed by atoms with E-state index in [0.29, 0.717) is 36.5 Å². The van der Waals surface area contributed by atoms with Crippen LogP contribution in [0.15, 0.2) is 23.8 Å². The molecule has 5 nitrogen and oxygen atoms in total. The zero-order chi connectivity index (χ0) is 24.7. The largest absolute Gasteiger partial charge is 0.465 e. The monoisotopic (exact) mass is 470 g/mol. The second kappa shape index (κ2) is 9.62. The maximum Gasteiger partial charge on any atom is 0.320 e. The van der Waals surface area contributed by atoms with E-state index in [2.05, 4.69) is 32.9 Å². The molecule has 4 aliphatic carbocycles. The second-order valence-corrected chi connectivity index (χ2v) is 11.6. The summed E-state index contributed by atoms with van der Waals surface area (Å²) in [6, 6.07) is 0. The normalized spacial score (nSPS) is 37.4. The third-order valence-corrected chi connectivity index (χ3v) is 10.0. The lowest BCUT2D eigenvalue weighted by molar-refractivity contribution is -0.163. The van der Waals surface area contributed by atoms with Crippen LogP contribution in [0.4, 0.5) is 0 Å². The number of carbonyl (C=O) groups is 3. The molecule has 34 heavy (non-hydrogen) atoms. The van der Waals surface area contributed by atoms with Crippen molar-refractivity contribution in [3.8, 4) is 0 Å². The van der Waals surface area contributed by atoms with Gasteiger partial charge in [-0.3, -0.25) is 14.4 Å². The molecule has 188 valence electrons. The Bertz CT molecular complexity index is 869. The zero-order valence-electron chi connectivity index (χ0n) is 21.6. The number of fused-ring (bicyclic) bond motifs is 5. The molecule has 5 heteroatoms. The molecule has 0 unspecified atom stereocenters. The minimum absolute atomic E-state index is 0.108. The van der Waals surface area contributed by atoms with Gasteiger partial charge in [0.15, 0.2) is 11.7 Å². The summed E-state index contributed by atoms with van der Waals surface area (Å²) in [5.41, 5.74) is 1.54. The number of hydrogen-bond donors (Lipinski definition) is 0. The average Bonchev–Trinajstić information content (AvgIpc) is 3.15. The van der Waals surface area contributed by atoms with Crippen molar-refractivity contribution in [1.29, 1.82) is 0 Å². The summed E-state index contributed by atoms with van der Waals surface area (Å²) >= 11 is 0. The van der Waals surface area contributed by atoms with Gasteiger partial charge >= 0.3 is 11.9 Å². The first-order chi connectivity index (χ1) is 16.2. The molecule has 0 aromatic rings. The van der Waals surface area contributed by atoms with E-state index < -0.39 is 17.9 Å². The molecule has 0 saturated heterocycles. The summed E-state index contributed by atoms with van der Waals surface area (Å²) in [4.78, 5) is 37.2. The first-order valence-corrected chi connectivity index (χ1v) is 13.4. The van der Waals surface area contributed by atoms with Gasteiger partial charge in [-0.1, -0.05) is 32.9 Å². The van der Waals surface area contributed by atoms with Crippen molar-refractivity contribution in [2.45, 2.75) is 79.6 Å². The Balaban J connectivity index is 1.54. The first-order valence-electron chi connectivity index (χ1n) is 13.4. The third-order valence-electron chi connectivity index (χ3n) is 10.0. The maximum absolute atomic E-state index is 12.6. The highest BCUT2D eigenvalue weighted by Crippen LogP contribution is 2.66. The Morgan fingerprint density at radius 2 is 1.71 bits per heavy atom. The Morgan fingerprint density at radius 3 is 2.35 bits per heavy atom. The fourth-order valence-electron chi connectivity index (χ4n) is 8.28. The molecule has 4 aliphatic rings. The van der Waals surface area contributed by atoms with E-state index in [-0.39, 0.29) is 35.7 Å². The van der Waals surface area contributed by atoms with Gasteiger partial charge in [0, 0.05) is 6.42 Å². The first kappa shape index (κ1) is 25.2. The predicted octanol–water partition coefficient (Wildman–Crippen LogP) is 5.68. The maximum atomic E-state index is 12.6. The molecule has 0 amide bonds. The molecule has 2 saturated carbocycles. The molecule has 0 aliphatic heterocycles. The van der Waals surface area contributed by atoms with Crippen molar-refractivity contribution in [3.05, 3.63) is 23.8 Å².